The van der Waals surface area contributed by atoms with Crippen molar-refractivity contribution >= 4 is 21.6 Å². The SMILES string of the molecule is O=S1(=O)C[C@H](O)[C@H](Sc2nnc(-c3cccnc3)n2Cc2ccccc2)C1. The topological polar surface area (TPSA) is 98.0 Å². The number of aliphatic hydroxyl groups is 1. The molecule has 3 heterocycles. The summed E-state index contributed by atoms with van der Waals surface area (Å²) >= 11 is 1.26. The molecule has 1 aliphatic rings. The van der Waals surface area contributed by atoms with Crippen molar-refractivity contribution in [1.82, 2.24) is 19.7 Å². The van der Waals surface area contributed by atoms with Crippen LogP contribution in [0.25, 0.3) is 11.4 Å². The van der Waals surface area contributed by atoms with Gasteiger partial charge in [0.25, 0.3) is 0 Å². The Kier molecular flexibility index (Phi) is 4.98. The number of aromatic nitrogens is 4. The van der Waals surface area contributed by atoms with Crippen LogP contribution in [0.3, 0.4) is 0 Å². The van der Waals surface area contributed by atoms with Crippen LogP contribution in [-0.2, 0) is 16.4 Å². The van der Waals surface area contributed by atoms with Crippen LogP contribution in [0, 0.1) is 0 Å². The van der Waals surface area contributed by atoms with Crippen molar-refractivity contribution in [3.05, 3.63) is 60.4 Å². The van der Waals surface area contributed by atoms with Crippen LogP contribution in [0.5, 0.6) is 0 Å². The highest BCUT2D eigenvalue weighted by Gasteiger charge is 2.38. The minimum absolute atomic E-state index is 0.0563. The summed E-state index contributed by atoms with van der Waals surface area (Å²) in [6.45, 7) is 0.538. The smallest absolute Gasteiger partial charge is 0.192 e. The lowest BCUT2D eigenvalue weighted by Crippen LogP contribution is -2.20. The van der Waals surface area contributed by atoms with E-state index >= 15 is 0 Å². The van der Waals surface area contributed by atoms with Gasteiger partial charge in [0.05, 0.1) is 29.4 Å². The minimum atomic E-state index is -3.22. The Balaban J connectivity index is 1.70. The van der Waals surface area contributed by atoms with Gasteiger partial charge in [-0.1, -0.05) is 42.1 Å². The zero-order valence-electron chi connectivity index (χ0n) is 14.3. The molecule has 0 aliphatic carbocycles. The molecule has 1 saturated heterocycles. The third-order valence-corrected chi connectivity index (χ3v) is 7.57. The van der Waals surface area contributed by atoms with E-state index in [2.05, 4.69) is 15.2 Å². The molecule has 1 aromatic carbocycles. The average Bonchev–Trinajstić information content (AvgIpc) is 3.16. The fraction of sp³-hybridized carbons (Fsp3) is 0.278. The zero-order chi connectivity index (χ0) is 18.9. The lowest BCUT2D eigenvalue weighted by molar-refractivity contribution is 0.207. The highest BCUT2D eigenvalue weighted by atomic mass is 32.2. The van der Waals surface area contributed by atoms with E-state index in [1.54, 1.807) is 12.4 Å². The van der Waals surface area contributed by atoms with Gasteiger partial charge in [-0.2, -0.15) is 0 Å². The summed E-state index contributed by atoms with van der Waals surface area (Å²) in [5.74, 6) is 0.399. The summed E-state index contributed by atoms with van der Waals surface area (Å²) in [6.07, 6.45) is 2.51. The van der Waals surface area contributed by atoms with E-state index in [-0.39, 0.29) is 11.5 Å². The van der Waals surface area contributed by atoms with Crippen LogP contribution in [0.4, 0.5) is 0 Å². The third-order valence-electron chi connectivity index (χ3n) is 4.35. The molecule has 140 valence electrons. The van der Waals surface area contributed by atoms with Gasteiger partial charge in [-0.05, 0) is 17.7 Å². The van der Waals surface area contributed by atoms with Crippen LogP contribution in [-0.4, -0.2) is 56.1 Å². The molecule has 2 atom stereocenters. The lowest BCUT2D eigenvalue weighted by atomic mass is 10.2. The van der Waals surface area contributed by atoms with Crippen LogP contribution in [0.15, 0.2) is 60.0 Å². The number of hydrogen-bond acceptors (Lipinski definition) is 7. The maximum Gasteiger partial charge on any atom is 0.192 e. The number of rotatable bonds is 5. The van der Waals surface area contributed by atoms with Gasteiger partial charge >= 0.3 is 0 Å². The van der Waals surface area contributed by atoms with Crippen LogP contribution >= 0.6 is 11.8 Å². The molecule has 0 amide bonds. The first-order chi connectivity index (χ1) is 13.0. The molecule has 1 aliphatic heterocycles. The van der Waals surface area contributed by atoms with E-state index in [4.69, 9.17) is 0 Å². The molecule has 0 saturated carbocycles. The van der Waals surface area contributed by atoms with Gasteiger partial charge in [-0.3, -0.25) is 9.55 Å². The van der Waals surface area contributed by atoms with Crippen molar-refractivity contribution in [2.75, 3.05) is 11.5 Å². The molecule has 0 spiro atoms. The molecule has 0 unspecified atom stereocenters. The molecule has 2 aromatic heterocycles. The highest BCUT2D eigenvalue weighted by molar-refractivity contribution is 8.01. The van der Waals surface area contributed by atoms with Gasteiger partial charge in [0.2, 0.25) is 0 Å². The van der Waals surface area contributed by atoms with Gasteiger partial charge < -0.3 is 5.11 Å². The Morgan fingerprint density at radius 3 is 2.59 bits per heavy atom. The number of benzene rings is 1. The van der Waals surface area contributed by atoms with Crippen LogP contribution in [0.1, 0.15) is 5.56 Å². The number of aliphatic hydroxyl groups excluding tert-OH is 1. The second kappa shape index (κ2) is 7.41. The van der Waals surface area contributed by atoms with Crippen molar-refractivity contribution in [2.45, 2.75) is 23.1 Å². The predicted octanol–water partition coefficient (Wildman–Crippen LogP) is 1.64. The van der Waals surface area contributed by atoms with Gasteiger partial charge in [0.15, 0.2) is 20.8 Å². The Bertz CT molecular complexity index is 1020. The summed E-state index contributed by atoms with van der Waals surface area (Å²) in [5, 5.41) is 18.8. The number of pyridine rings is 1. The van der Waals surface area contributed by atoms with Gasteiger partial charge in [0.1, 0.15) is 0 Å². The minimum Gasteiger partial charge on any atom is -0.391 e. The van der Waals surface area contributed by atoms with Crippen molar-refractivity contribution in [1.29, 1.82) is 0 Å². The van der Waals surface area contributed by atoms with E-state index in [9.17, 15) is 13.5 Å². The Morgan fingerprint density at radius 2 is 1.93 bits per heavy atom. The van der Waals surface area contributed by atoms with E-state index in [1.807, 2.05) is 47.0 Å². The van der Waals surface area contributed by atoms with Crippen molar-refractivity contribution in [3.63, 3.8) is 0 Å². The molecule has 0 radical (unpaired) electrons. The van der Waals surface area contributed by atoms with Gasteiger partial charge in [-0.25, -0.2) is 8.42 Å². The second-order valence-corrected chi connectivity index (χ2v) is 9.78. The summed E-state index contributed by atoms with van der Waals surface area (Å²) in [7, 11) is -3.22. The quantitative estimate of drug-likeness (QED) is 0.693. The number of sulfone groups is 1. The number of nitrogens with zero attached hydrogens (tertiary/aromatic N) is 4. The first kappa shape index (κ1) is 18.1. The molecular weight excluding hydrogens is 384 g/mol. The Hall–Kier alpha value is -2.23. The van der Waals surface area contributed by atoms with Crippen LogP contribution in [0.2, 0.25) is 0 Å². The van der Waals surface area contributed by atoms with Crippen molar-refractivity contribution in [2.24, 2.45) is 0 Å². The first-order valence-electron chi connectivity index (χ1n) is 8.44. The maximum absolute atomic E-state index is 11.8. The Labute approximate surface area is 161 Å². The summed E-state index contributed by atoms with van der Waals surface area (Å²) < 4.78 is 25.6. The monoisotopic (exact) mass is 402 g/mol. The molecule has 27 heavy (non-hydrogen) atoms. The summed E-state index contributed by atoms with van der Waals surface area (Å²) in [4.78, 5) is 4.15. The van der Waals surface area contributed by atoms with Crippen LogP contribution < -0.4 is 0 Å². The second-order valence-electron chi connectivity index (χ2n) is 6.42. The molecular formula is C18H18N4O3S2. The van der Waals surface area contributed by atoms with E-state index < -0.39 is 21.2 Å². The first-order valence-corrected chi connectivity index (χ1v) is 11.1. The predicted molar refractivity (Wildman–Crippen MR) is 103 cm³/mol. The van der Waals surface area contributed by atoms with Crippen molar-refractivity contribution < 1.29 is 13.5 Å². The van der Waals surface area contributed by atoms with E-state index in [0.717, 1.165) is 11.1 Å². The normalized spacial score (nSPS) is 21.4. The fourth-order valence-corrected chi connectivity index (χ4v) is 6.56. The molecule has 1 fully saturated rings. The average molecular weight is 403 g/mol. The third kappa shape index (κ3) is 4.05. The lowest BCUT2D eigenvalue weighted by Gasteiger charge is -2.14. The molecule has 7 nitrogen and oxygen atoms in total. The molecule has 0 bridgehead atoms. The van der Waals surface area contributed by atoms with Gasteiger partial charge in [-0.15, -0.1) is 10.2 Å². The summed E-state index contributed by atoms with van der Waals surface area (Å²) in [6, 6.07) is 13.6. The largest absolute Gasteiger partial charge is 0.391 e. The molecule has 1 N–H and O–H groups in total. The Morgan fingerprint density at radius 1 is 1.11 bits per heavy atom. The molecule has 3 aromatic rings. The zero-order valence-corrected chi connectivity index (χ0v) is 16.0. The summed E-state index contributed by atoms with van der Waals surface area (Å²) in [5.41, 5.74) is 1.90. The number of thioether (sulfide) groups is 1. The number of hydrogen-bond donors (Lipinski definition) is 1. The molecule has 4 rings (SSSR count). The highest BCUT2D eigenvalue weighted by Crippen LogP contribution is 2.32. The maximum atomic E-state index is 11.8. The van der Waals surface area contributed by atoms with E-state index in [0.29, 0.717) is 17.5 Å². The standard InChI is InChI=1S/C18H18N4O3S2/c23-15-11-27(24,25)12-16(15)26-18-21-20-17(14-7-4-8-19-9-14)22(18)10-13-5-2-1-3-6-13/h1-9,15-16,23H,10-12H2/t15-,16+/m0/s1. The van der Waals surface area contributed by atoms with Crippen molar-refractivity contribution in [3.8, 4) is 11.4 Å². The molecule has 9 heteroatoms. The van der Waals surface area contributed by atoms with Gasteiger partial charge in [0, 0.05) is 18.0 Å². The fourth-order valence-electron chi connectivity index (χ4n) is 3.04. The van der Waals surface area contributed by atoms with E-state index in [1.165, 1.54) is 11.8 Å².